The molecule has 0 saturated carbocycles. The van der Waals surface area contributed by atoms with Gasteiger partial charge in [0.25, 0.3) is 0 Å². The first kappa shape index (κ1) is 14.9. The molecule has 0 radical (unpaired) electrons. The first-order valence-electron chi connectivity index (χ1n) is 6.91. The third-order valence-electron chi connectivity index (χ3n) is 3.96. The molecule has 0 bridgehead atoms. The van der Waals surface area contributed by atoms with E-state index in [1.807, 2.05) is 0 Å². The lowest BCUT2D eigenvalue weighted by Crippen LogP contribution is -2.36. The van der Waals surface area contributed by atoms with Gasteiger partial charge in [0.15, 0.2) is 0 Å². The number of hydrogen-bond donors (Lipinski definition) is 0. The normalized spacial score (nSPS) is 18.3. The number of alkyl halides is 1. The fourth-order valence-electron chi connectivity index (χ4n) is 2.74. The maximum absolute atomic E-state index is 6.17. The number of hydrogen-bond acceptors (Lipinski definition) is 2. The van der Waals surface area contributed by atoms with Crippen LogP contribution in [0.2, 0.25) is 0 Å². The van der Waals surface area contributed by atoms with E-state index >= 15 is 0 Å². The average Bonchev–Trinajstić information content (AvgIpc) is 2.38. The summed E-state index contributed by atoms with van der Waals surface area (Å²) in [5.41, 5.74) is 3.98. The molecule has 1 aliphatic heterocycles. The van der Waals surface area contributed by atoms with Crippen LogP contribution >= 0.6 is 15.9 Å². The third-order valence-corrected chi connectivity index (χ3v) is 5.15. The van der Waals surface area contributed by atoms with E-state index in [4.69, 9.17) is 9.47 Å². The molecule has 0 aliphatic carbocycles. The molecule has 0 unspecified atom stereocenters. The Morgan fingerprint density at radius 2 is 1.74 bits per heavy atom. The molecule has 1 aromatic rings. The van der Waals surface area contributed by atoms with Crippen molar-refractivity contribution >= 4 is 15.9 Å². The summed E-state index contributed by atoms with van der Waals surface area (Å²) < 4.78 is 11.6. The Balaban J connectivity index is 2.09. The zero-order chi connectivity index (χ0) is 13.9. The summed E-state index contributed by atoms with van der Waals surface area (Å²) in [5, 5.41) is 0.979. The maximum atomic E-state index is 6.17. The second-order valence-electron chi connectivity index (χ2n) is 5.76. The summed E-state index contributed by atoms with van der Waals surface area (Å²) in [6.07, 6.45) is 2.14. The van der Waals surface area contributed by atoms with E-state index < -0.39 is 0 Å². The van der Waals surface area contributed by atoms with E-state index in [2.05, 4.69) is 48.8 Å². The van der Waals surface area contributed by atoms with Crippen molar-refractivity contribution in [2.75, 3.05) is 25.2 Å². The Labute approximate surface area is 124 Å². The quantitative estimate of drug-likeness (QED) is 0.772. The number of aryl methyl sites for hydroxylation is 3. The standard InChI is InChI=1S/C16H23BrO2/c1-12-8-13(2)15(14(3)9-12)19-11-16(10-17)4-6-18-7-5-16/h8-9H,4-7,10-11H2,1-3H3. The van der Waals surface area contributed by atoms with Crippen molar-refractivity contribution in [2.24, 2.45) is 5.41 Å². The molecule has 1 saturated heterocycles. The van der Waals surface area contributed by atoms with Crippen LogP contribution in [0.1, 0.15) is 29.5 Å². The molecule has 0 spiro atoms. The number of rotatable bonds is 4. The molecule has 1 heterocycles. The van der Waals surface area contributed by atoms with Crippen LogP contribution in [0.4, 0.5) is 0 Å². The molecular weight excluding hydrogens is 304 g/mol. The highest BCUT2D eigenvalue weighted by atomic mass is 79.9. The van der Waals surface area contributed by atoms with Gasteiger partial charge in [0.1, 0.15) is 5.75 Å². The Hall–Kier alpha value is -0.540. The van der Waals surface area contributed by atoms with E-state index in [0.717, 1.165) is 43.7 Å². The van der Waals surface area contributed by atoms with Gasteiger partial charge in [-0.1, -0.05) is 33.6 Å². The van der Waals surface area contributed by atoms with Gasteiger partial charge in [-0.3, -0.25) is 0 Å². The lowest BCUT2D eigenvalue weighted by molar-refractivity contribution is 0.00332. The highest BCUT2D eigenvalue weighted by molar-refractivity contribution is 9.09. The minimum atomic E-state index is 0.224. The van der Waals surface area contributed by atoms with Crippen LogP contribution < -0.4 is 4.74 Å². The van der Waals surface area contributed by atoms with Crippen LogP contribution in [0.15, 0.2) is 12.1 Å². The summed E-state index contributed by atoms with van der Waals surface area (Å²) >= 11 is 3.65. The smallest absolute Gasteiger partial charge is 0.125 e. The van der Waals surface area contributed by atoms with Gasteiger partial charge in [0.2, 0.25) is 0 Å². The van der Waals surface area contributed by atoms with Gasteiger partial charge in [-0.05, 0) is 44.7 Å². The molecule has 2 nitrogen and oxygen atoms in total. The summed E-state index contributed by atoms with van der Waals surface area (Å²) in [6, 6.07) is 4.38. The van der Waals surface area contributed by atoms with E-state index in [0.29, 0.717) is 0 Å². The topological polar surface area (TPSA) is 18.5 Å². The zero-order valence-electron chi connectivity index (χ0n) is 12.1. The van der Waals surface area contributed by atoms with Crippen molar-refractivity contribution in [3.63, 3.8) is 0 Å². The fraction of sp³-hybridized carbons (Fsp3) is 0.625. The van der Waals surface area contributed by atoms with E-state index in [1.54, 1.807) is 0 Å². The maximum Gasteiger partial charge on any atom is 0.125 e. The first-order valence-corrected chi connectivity index (χ1v) is 8.03. The van der Waals surface area contributed by atoms with Crippen molar-refractivity contribution in [2.45, 2.75) is 33.6 Å². The second kappa shape index (κ2) is 6.27. The summed E-state index contributed by atoms with van der Waals surface area (Å²) in [4.78, 5) is 0. The molecule has 1 fully saturated rings. The van der Waals surface area contributed by atoms with Gasteiger partial charge in [-0.2, -0.15) is 0 Å². The second-order valence-corrected chi connectivity index (χ2v) is 6.32. The van der Waals surface area contributed by atoms with Crippen molar-refractivity contribution in [1.29, 1.82) is 0 Å². The highest BCUT2D eigenvalue weighted by Crippen LogP contribution is 2.34. The van der Waals surface area contributed by atoms with Crippen molar-refractivity contribution in [3.05, 3.63) is 28.8 Å². The molecule has 0 N–H and O–H groups in total. The Bertz CT molecular complexity index is 413. The van der Waals surface area contributed by atoms with Gasteiger partial charge in [0, 0.05) is 24.0 Å². The van der Waals surface area contributed by atoms with Crippen molar-refractivity contribution < 1.29 is 9.47 Å². The molecule has 0 aromatic heterocycles. The van der Waals surface area contributed by atoms with E-state index in [1.165, 1.54) is 16.7 Å². The summed E-state index contributed by atoms with van der Waals surface area (Å²) in [5.74, 6) is 1.05. The lowest BCUT2D eigenvalue weighted by Gasteiger charge is -2.35. The van der Waals surface area contributed by atoms with Crippen LogP contribution in [0.5, 0.6) is 5.75 Å². The Kier molecular flexibility index (Phi) is 4.91. The SMILES string of the molecule is Cc1cc(C)c(OCC2(CBr)CCOCC2)c(C)c1. The predicted molar refractivity (Wildman–Crippen MR) is 82.4 cm³/mol. The number of ether oxygens (including phenoxy) is 2. The average molecular weight is 327 g/mol. The van der Waals surface area contributed by atoms with Crippen molar-refractivity contribution in [3.8, 4) is 5.75 Å². The lowest BCUT2D eigenvalue weighted by atomic mass is 9.83. The monoisotopic (exact) mass is 326 g/mol. The molecule has 19 heavy (non-hydrogen) atoms. The van der Waals surface area contributed by atoms with Crippen LogP contribution in [-0.2, 0) is 4.74 Å². The van der Waals surface area contributed by atoms with Gasteiger partial charge in [0.05, 0.1) is 6.61 Å². The molecule has 0 amide bonds. The number of halogens is 1. The van der Waals surface area contributed by atoms with Crippen LogP contribution in [0.3, 0.4) is 0 Å². The summed E-state index contributed by atoms with van der Waals surface area (Å²) in [7, 11) is 0. The fourth-order valence-corrected chi connectivity index (χ4v) is 3.46. The molecule has 0 atom stereocenters. The van der Waals surface area contributed by atoms with Crippen LogP contribution in [-0.4, -0.2) is 25.2 Å². The number of benzene rings is 1. The highest BCUT2D eigenvalue weighted by Gasteiger charge is 2.32. The van der Waals surface area contributed by atoms with Gasteiger partial charge >= 0.3 is 0 Å². The minimum Gasteiger partial charge on any atom is -0.492 e. The molecular formula is C16H23BrO2. The summed E-state index contributed by atoms with van der Waals surface area (Å²) in [6.45, 7) is 8.84. The Morgan fingerprint density at radius 1 is 1.16 bits per heavy atom. The molecule has 1 aromatic carbocycles. The molecule has 106 valence electrons. The van der Waals surface area contributed by atoms with Gasteiger partial charge in [-0.25, -0.2) is 0 Å². The van der Waals surface area contributed by atoms with Gasteiger partial charge < -0.3 is 9.47 Å². The molecule has 3 heteroatoms. The first-order chi connectivity index (χ1) is 9.06. The van der Waals surface area contributed by atoms with Crippen LogP contribution in [0, 0.1) is 26.2 Å². The molecule has 1 aliphatic rings. The minimum absolute atomic E-state index is 0.224. The van der Waals surface area contributed by atoms with E-state index in [9.17, 15) is 0 Å². The van der Waals surface area contributed by atoms with E-state index in [-0.39, 0.29) is 5.41 Å². The van der Waals surface area contributed by atoms with Gasteiger partial charge in [-0.15, -0.1) is 0 Å². The predicted octanol–water partition coefficient (Wildman–Crippen LogP) is 4.18. The zero-order valence-corrected chi connectivity index (χ0v) is 13.7. The van der Waals surface area contributed by atoms with Crippen molar-refractivity contribution in [1.82, 2.24) is 0 Å². The largest absolute Gasteiger partial charge is 0.492 e. The molecule has 2 rings (SSSR count). The van der Waals surface area contributed by atoms with Crippen LogP contribution in [0.25, 0.3) is 0 Å². The Morgan fingerprint density at radius 3 is 2.26 bits per heavy atom. The third kappa shape index (κ3) is 3.51.